The molecule has 0 aromatic heterocycles. The maximum absolute atomic E-state index is 12.1. The Morgan fingerprint density at radius 3 is 2.65 bits per heavy atom. The van der Waals surface area contributed by atoms with Gasteiger partial charge in [0.05, 0.1) is 5.25 Å². The van der Waals surface area contributed by atoms with Crippen molar-refractivity contribution >= 4 is 27.1 Å². The van der Waals surface area contributed by atoms with Crippen molar-refractivity contribution in [1.29, 1.82) is 0 Å². The fraction of sp³-hybridized carbons (Fsp3) is 0.500. The Morgan fingerprint density at radius 1 is 1.35 bits per heavy atom. The Balaban J connectivity index is 2.03. The Bertz CT molecular complexity index is 605. The summed E-state index contributed by atoms with van der Waals surface area (Å²) in [6.07, 6.45) is 3.21. The first-order valence-corrected chi connectivity index (χ1v) is 8.47. The zero-order chi connectivity index (χ0) is 14.8. The molecule has 3 N–H and O–H groups in total. The van der Waals surface area contributed by atoms with E-state index in [2.05, 4.69) is 5.32 Å². The molecule has 110 valence electrons. The highest BCUT2D eigenvalue weighted by Crippen LogP contribution is 2.25. The molecule has 1 aliphatic rings. The van der Waals surface area contributed by atoms with Crippen LogP contribution in [0.15, 0.2) is 18.2 Å². The summed E-state index contributed by atoms with van der Waals surface area (Å²) < 4.78 is 24.2. The summed E-state index contributed by atoms with van der Waals surface area (Å²) in [5.41, 5.74) is 7.61. The quantitative estimate of drug-likeness (QED) is 0.830. The van der Waals surface area contributed by atoms with E-state index in [9.17, 15) is 13.2 Å². The molecule has 0 unspecified atom stereocenters. The second-order valence-electron chi connectivity index (χ2n) is 5.34. The fourth-order valence-electron chi connectivity index (χ4n) is 2.51. The number of aryl methyl sites for hydroxylation is 1. The van der Waals surface area contributed by atoms with Crippen LogP contribution in [0, 0.1) is 6.92 Å². The second kappa shape index (κ2) is 5.83. The molecule has 0 heterocycles. The van der Waals surface area contributed by atoms with Gasteiger partial charge in [-0.25, -0.2) is 8.42 Å². The monoisotopic (exact) mass is 296 g/mol. The summed E-state index contributed by atoms with van der Waals surface area (Å²) in [5, 5.41) is 2.28. The topological polar surface area (TPSA) is 89.3 Å². The first kappa shape index (κ1) is 14.8. The van der Waals surface area contributed by atoms with Gasteiger partial charge in [-0.05, 0) is 37.5 Å². The largest absolute Gasteiger partial charge is 0.399 e. The third-order valence-electron chi connectivity index (χ3n) is 3.68. The van der Waals surface area contributed by atoms with Crippen LogP contribution in [0.3, 0.4) is 0 Å². The van der Waals surface area contributed by atoms with Crippen molar-refractivity contribution in [3.63, 3.8) is 0 Å². The van der Waals surface area contributed by atoms with Crippen LogP contribution in [0.2, 0.25) is 0 Å². The number of nitrogens with one attached hydrogen (secondary N) is 1. The molecule has 1 saturated carbocycles. The number of hydrogen-bond acceptors (Lipinski definition) is 4. The van der Waals surface area contributed by atoms with E-state index < -0.39 is 21.5 Å². The smallest absolute Gasteiger partial charge is 0.239 e. The highest BCUT2D eigenvalue weighted by Gasteiger charge is 2.30. The molecule has 0 saturated heterocycles. The SMILES string of the molecule is Cc1ccc(N)cc1NC(=O)CS(=O)(=O)C1CCCC1. The summed E-state index contributed by atoms with van der Waals surface area (Å²) in [6, 6.07) is 5.16. The molecule has 0 bridgehead atoms. The summed E-state index contributed by atoms with van der Waals surface area (Å²) in [7, 11) is -3.35. The minimum Gasteiger partial charge on any atom is -0.399 e. The van der Waals surface area contributed by atoms with Crippen molar-refractivity contribution in [1.82, 2.24) is 0 Å². The number of sulfone groups is 1. The molecule has 0 atom stereocenters. The van der Waals surface area contributed by atoms with E-state index in [4.69, 9.17) is 5.73 Å². The van der Waals surface area contributed by atoms with E-state index in [0.717, 1.165) is 18.4 Å². The molecule has 0 radical (unpaired) electrons. The number of anilines is 2. The third-order valence-corrected chi connectivity index (χ3v) is 5.83. The van der Waals surface area contributed by atoms with E-state index in [1.807, 2.05) is 6.92 Å². The molecular weight excluding hydrogens is 276 g/mol. The second-order valence-corrected chi connectivity index (χ2v) is 7.62. The molecule has 1 aromatic carbocycles. The summed E-state index contributed by atoms with van der Waals surface area (Å²) in [6.45, 7) is 1.83. The van der Waals surface area contributed by atoms with Crippen molar-refractivity contribution < 1.29 is 13.2 Å². The molecular formula is C14H20N2O3S. The number of carbonyl (C=O) groups is 1. The van der Waals surface area contributed by atoms with Crippen molar-refractivity contribution in [3.05, 3.63) is 23.8 Å². The molecule has 5 nitrogen and oxygen atoms in total. The van der Waals surface area contributed by atoms with E-state index in [0.29, 0.717) is 24.2 Å². The van der Waals surface area contributed by atoms with Gasteiger partial charge in [0, 0.05) is 11.4 Å². The zero-order valence-corrected chi connectivity index (χ0v) is 12.4. The number of amides is 1. The van der Waals surface area contributed by atoms with Crippen LogP contribution in [0.4, 0.5) is 11.4 Å². The first-order valence-electron chi connectivity index (χ1n) is 6.76. The van der Waals surface area contributed by atoms with Crippen LogP contribution in [0.25, 0.3) is 0 Å². The maximum atomic E-state index is 12.1. The van der Waals surface area contributed by atoms with E-state index in [-0.39, 0.29) is 5.25 Å². The predicted molar refractivity (Wildman–Crippen MR) is 80.3 cm³/mol. The van der Waals surface area contributed by atoms with Crippen LogP contribution in [-0.4, -0.2) is 25.3 Å². The van der Waals surface area contributed by atoms with E-state index in [1.165, 1.54) is 0 Å². The zero-order valence-electron chi connectivity index (χ0n) is 11.6. The molecule has 0 spiro atoms. The maximum Gasteiger partial charge on any atom is 0.239 e. The van der Waals surface area contributed by atoms with Gasteiger partial charge in [-0.2, -0.15) is 0 Å². The van der Waals surface area contributed by atoms with E-state index >= 15 is 0 Å². The number of nitrogen functional groups attached to an aromatic ring is 1. The number of benzene rings is 1. The van der Waals surface area contributed by atoms with Gasteiger partial charge in [0.25, 0.3) is 0 Å². The molecule has 20 heavy (non-hydrogen) atoms. The van der Waals surface area contributed by atoms with Crippen LogP contribution >= 0.6 is 0 Å². The van der Waals surface area contributed by atoms with Gasteiger partial charge in [-0.15, -0.1) is 0 Å². The first-order chi connectivity index (χ1) is 9.38. The Hall–Kier alpha value is -1.56. The average Bonchev–Trinajstić information content (AvgIpc) is 2.87. The van der Waals surface area contributed by atoms with Gasteiger partial charge in [0.2, 0.25) is 5.91 Å². The van der Waals surface area contributed by atoms with E-state index in [1.54, 1.807) is 18.2 Å². The normalized spacial score (nSPS) is 16.2. The molecule has 2 rings (SSSR count). The summed E-state index contributed by atoms with van der Waals surface area (Å²) >= 11 is 0. The minimum absolute atomic E-state index is 0.352. The average molecular weight is 296 g/mol. The molecule has 6 heteroatoms. The van der Waals surface area contributed by atoms with Crippen LogP contribution in [0.1, 0.15) is 31.2 Å². The Kier molecular flexibility index (Phi) is 4.32. The van der Waals surface area contributed by atoms with Gasteiger partial charge in [0.1, 0.15) is 5.75 Å². The summed E-state index contributed by atoms with van der Waals surface area (Å²) in [5.74, 6) is -0.947. The summed E-state index contributed by atoms with van der Waals surface area (Å²) in [4.78, 5) is 11.9. The lowest BCUT2D eigenvalue weighted by molar-refractivity contribution is -0.113. The predicted octanol–water partition coefficient (Wildman–Crippen LogP) is 1.87. The number of hydrogen-bond donors (Lipinski definition) is 2. The van der Waals surface area contributed by atoms with Gasteiger partial charge >= 0.3 is 0 Å². The van der Waals surface area contributed by atoms with Gasteiger partial charge < -0.3 is 11.1 Å². The number of nitrogens with two attached hydrogens (primary N) is 1. The molecule has 0 aliphatic heterocycles. The molecule has 1 aliphatic carbocycles. The van der Waals surface area contributed by atoms with Crippen LogP contribution in [-0.2, 0) is 14.6 Å². The lowest BCUT2D eigenvalue weighted by Gasteiger charge is -2.12. The third kappa shape index (κ3) is 3.50. The lowest BCUT2D eigenvalue weighted by Crippen LogP contribution is -2.29. The van der Waals surface area contributed by atoms with Gasteiger partial charge in [0.15, 0.2) is 9.84 Å². The number of carbonyl (C=O) groups excluding carboxylic acids is 1. The van der Waals surface area contributed by atoms with Crippen LogP contribution < -0.4 is 11.1 Å². The van der Waals surface area contributed by atoms with Crippen molar-refractivity contribution in [3.8, 4) is 0 Å². The standard InChI is InChI=1S/C14H20N2O3S/c1-10-6-7-11(15)8-13(10)16-14(17)9-20(18,19)12-4-2-3-5-12/h6-8,12H,2-5,9,15H2,1H3,(H,16,17). The van der Waals surface area contributed by atoms with Crippen LogP contribution in [0.5, 0.6) is 0 Å². The molecule has 1 aromatic rings. The lowest BCUT2D eigenvalue weighted by atomic mass is 10.2. The Labute approximate surface area is 119 Å². The minimum atomic E-state index is -3.35. The van der Waals surface area contributed by atoms with Gasteiger partial charge in [-0.3, -0.25) is 4.79 Å². The number of rotatable bonds is 4. The van der Waals surface area contributed by atoms with Gasteiger partial charge in [-0.1, -0.05) is 18.9 Å². The highest BCUT2D eigenvalue weighted by molar-refractivity contribution is 7.92. The van der Waals surface area contributed by atoms with Crippen molar-refractivity contribution in [2.45, 2.75) is 37.9 Å². The highest BCUT2D eigenvalue weighted by atomic mass is 32.2. The van der Waals surface area contributed by atoms with Crippen molar-refractivity contribution in [2.24, 2.45) is 0 Å². The molecule has 1 fully saturated rings. The Morgan fingerprint density at radius 2 is 2.00 bits per heavy atom. The fourth-order valence-corrected chi connectivity index (χ4v) is 4.23. The molecule has 1 amide bonds. The van der Waals surface area contributed by atoms with Crippen molar-refractivity contribution in [2.75, 3.05) is 16.8 Å².